The molecule has 0 aliphatic heterocycles. The maximum Gasteiger partial charge on any atom is 0.472 e. The Morgan fingerprint density at radius 1 is 0.612 bits per heavy atom. The Morgan fingerprint density at radius 2 is 1.08 bits per heavy atom. The number of unbranched alkanes of at least 4 members (excludes halogenated alkanes) is 14. The van der Waals surface area contributed by atoms with Crippen LogP contribution in [0.3, 0.4) is 0 Å². The molecule has 0 spiro atoms. The zero-order valence-electron chi connectivity index (χ0n) is 30.9. The summed E-state index contributed by atoms with van der Waals surface area (Å²) in [6.45, 7) is 3.61. The zero-order chi connectivity index (χ0) is 36.1. The van der Waals surface area contributed by atoms with Gasteiger partial charge >= 0.3 is 19.8 Å². The highest BCUT2D eigenvalue weighted by Crippen LogP contribution is 2.43. The molecule has 0 aromatic rings. The van der Waals surface area contributed by atoms with Gasteiger partial charge in [0, 0.05) is 19.4 Å². The summed E-state index contributed by atoms with van der Waals surface area (Å²) in [5.74, 6) is -0.898. The minimum absolute atomic E-state index is 0.0441. The van der Waals surface area contributed by atoms with Crippen LogP contribution in [0, 0.1) is 0 Å². The molecule has 0 aromatic carbocycles. The normalized spacial score (nSPS) is 14.0. The van der Waals surface area contributed by atoms with E-state index in [0.29, 0.717) is 12.8 Å². The second kappa shape index (κ2) is 35.8. The van der Waals surface area contributed by atoms with Crippen molar-refractivity contribution in [1.82, 2.24) is 0 Å². The molecule has 0 fully saturated rings. The van der Waals surface area contributed by atoms with Gasteiger partial charge in [-0.2, -0.15) is 0 Å². The monoisotopic (exact) mass is 711 g/mol. The number of esters is 2. The molecule has 284 valence electrons. The Bertz CT molecular complexity index is 949. The number of hydrogen-bond acceptors (Lipinski definition) is 8. The van der Waals surface area contributed by atoms with Crippen molar-refractivity contribution in [2.24, 2.45) is 5.73 Å². The lowest BCUT2D eigenvalue weighted by Crippen LogP contribution is -2.29. The highest BCUT2D eigenvalue weighted by molar-refractivity contribution is 7.47. The molecule has 9 nitrogen and oxygen atoms in total. The number of carbonyl (C=O) groups excluding carboxylic acids is 2. The lowest BCUT2D eigenvalue weighted by Gasteiger charge is -2.19. The van der Waals surface area contributed by atoms with Crippen molar-refractivity contribution in [2.75, 3.05) is 26.4 Å². The maximum absolute atomic E-state index is 12.5. The number of rotatable bonds is 35. The minimum Gasteiger partial charge on any atom is -0.462 e. The van der Waals surface area contributed by atoms with Crippen LogP contribution in [0.2, 0.25) is 0 Å². The van der Waals surface area contributed by atoms with E-state index in [0.717, 1.165) is 38.5 Å². The van der Waals surface area contributed by atoms with E-state index in [1.165, 1.54) is 77.0 Å². The first kappa shape index (κ1) is 47.0. The summed E-state index contributed by atoms with van der Waals surface area (Å²) in [5, 5.41) is 0. The smallest absolute Gasteiger partial charge is 0.462 e. The Labute approximate surface area is 298 Å². The van der Waals surface area contributed by atoms with Crippen molar-refractivity contribution in [3.05, 3.63) is 48.6 Å². The van der Waals surface area contributed by atoms with Gasteiger partial charge in [-0.25, -0.2) is 4.57 Å². The summed E-state index contributed by atoms with van der Waals surface area (Å²) in [4.78, 5) is 34.6. The fourth-order valence-corrected chi connectivity index (χ4v) is 5.63. The van der Waals surface area contributed by atoms with Crippen molar-refractivity contribution in [1.29, 1.82) is 0 Å². The van der Waals surface area contributed by atoms with Crippen LogP contribution in [0.1, 0.15) is 155 Å². The van der Waals surface area contributed by atoms with E-state index >= 15 is 0 Å². The van der Waals surface area contributed by atoms with Crippen molar-refractivity contribution in [3.8, 4) is 0 Å². The Balaban J connectivity index is 4.34. The van der Waals surface area contributed by atoms with E-state index < -0.39 is 32.5 Å². The number of allylic oxidation sites excluding steroid dienone is 8. The molecule has 49 heavy (non-hydrogen) atoms. The standard InChI is InChI=1S/C39H70NO8P/c1-3-5-7-9-11-13-15-16-17-18-19-20-22-24-26-28-30-32-39(42)48-37(36-47-49(43,44)46-34-33-40)35-45-38(41)31-29-27-25-23-21-14-12-10-8-6-4-2/h11,13,16-17,19-20,24,26,37H,3-10,12,14-15,18,21-23,25,27-36,40H2,1-2H3,(H,43,44). The molecule has 0 aliphatic carbocycles. The van der Waals surface area contributed by atoms with Crippen LogP contribution in [-0.2, 0) is 32.7 Å². The van der Waals surface area contributed by atoms with Gasteiger partial charge in [0.05, 0.1) is 13.2 Å². The lowest BCUT2D eigenvalue weighted by atomic mass is 10.1. The van der Waals surface area contributed by atoms with Crippen LogP contribution < -0.4 is 5.73 Å². The summed E-state index contributed by atoms with van der Waals surface area (Å²) in [7, 11) is -4.38. The summed E-state index contributed by atoms with van der Waals surface area (Å²) in [5.41, 5.74) is 5.32. The van der Waals surface area contributed by atoms with Gasteiger partial charge in [-0.3, -0.25) is 18.6 Å². The summed E-state index contributed by atoms with van der Waals surface area (Å²) < 4.78 is 32.6. The molecule has 0 aliphatic rings. The van der Waals surface area contributed by atoms with Crippen LogP contribution in [0.25, 0.3) is 0 Å². The molecule has 0 amide bonds. The second-order valence-corrected chi connectivity index (χ2v) is 13.9. The van der Waals surface area contributed by atoms with Crippen molar-refractivity contribution < 1.29 is 37.6 Å². The third kappa shape index (κ3) is 35.6. The fraction of sp³-hybridized carbons (Fsp3) is 0.744. The highest BCUT2D eigenvalue weighted by atomic mass is 31.2. The quantitative estimate of drug-likeness (QED) is 0.0285. The number of phosphoric acid groups is 1. The van der Waals surface area contributed by atoms with E-state index in [2.05, 4.69) is 56.4 Å². The van der Waals surface area contributed by atoms with Gasteiger partial charge in [-0.05, 0) is 51.4 Å². The molecular weight excluding hydrogens is 641 g/mol. The number of ether oxygens (including phenoxy) is 2. The van der Waals surface area contributed by atoms with Gasteiger partial charge in [0.2, 0.25) is 0 Å². The molecule has 10 heteroatoms. The molecule has 0 radical (unpaired) electrons. The summed E-state index contributed by atoms with van der Waals surface area (Å²) >= 11 is 0. The summed E-state index contributed by atoms with van der Waals surface area (Å²) in [6, 6.07) is 0. The van der Waals surface area contributed by atoms with E-state index in [9.17, 15) is 19.0 Å². The van der Waals surface area contributed by atoms with Crippen molar-refractivity contribution >= 4 is 19.8 Å². The predicted molar refractivity (Wildman–Crippen MR) is 201 cm³/mol. The van der Waals surface area contributed by atoms with Crippen molar-refractivity contribution in [2.45, 2.75) is 161 Å². The Morgan fingerprint density at radius 3 is 1.63 bits per heavy atom. The van der Waals surface area contributed by atoms with E-state index in [-0.39, 0.29) is 32.6 Å². The van der Waals surface area contributed by atoms with Gasteiger partial charge in [-0.1, -0.05) is 140 Å². The molecule has 0 saturated heterocycles. The summed E-state index contributed by atoms with van der Waals surface area (Å²) in [6.07, 6.45) is 38.6. The first-order valence-electron chi connectivity index (χ1n) is 19.1. The SMILES string of the molecule is CCCCCC=CCC=CCC=CCC=CCCCC(=O)OC(COC(=O)CCCCCCCCCCCCC)COP(=O)(O)OCCN. The molecule has 0 rings (SSSR count). The predicted octanol–water partition coefficient (Wildman–Crippen LogP) is 10.4. The van der Waals surface area contributed by atoms with Gasteiger partial charge in [0.15, 0.2) is 6.10 Å². The first-order chi connectivity index (χ1) is 23.8. The van der Waals surface area contributed by atoms with E-state index in [1.54, 1.807) is 0 Å². The highest BCUT2D eigenvalue weighted by Gasteiger charge is 2.25. The largest absolute Gasteiger partial charge is 0.472 e. The van der Waals surface area contributed by atoms with Gasteiger partial charge in [0.25, 0.3) is 0 Å². The van der Waals surface area contributed by atoms with Gasteiger partial charge in [-0.15, -0.1) is 0 Å². The van der Waals surface area contributed by atoms with Crippen LogP contribution >= 0.6 is 7.82 Å². The minimum atomic E-state index is -4.38. The molecular formula is C39H70NO8P. The lowest BCUT2D eigenvalue weighted by molar-refractivity contribution is -0.161. The average molecular weight is 712 g/mol. The van der Waals surface area contributed by atoms with E-state index in [1.807, 2.05) is 6.08 Å². The van der Waals surface area contributed by atoms with Crippen molar-refractivity contribution in [3.63, 3.8) is 0 Å². The van der Waals surface area contributed by atoms with Gasteiger partial charge < -0.3 is 20.1 Å². The maximum atomic E-state index is 12.5. The molecule has 2 atom stereocenters. The third-order valence-corrected chi connectivity index (χ3v) is 8.70. The molecule has 3 N–H and O–H groups in total. The van der Waals surface area contributed by atoms with E-state index in [4.69, 9.17) is 24.3 Å². The third-order valence-electron chi connectivity index (χ3n) is 7.72. The second-order valence-electron chi connectivity index (χ2n) is 12.4. The van der Waals surface area contributed by atoms with Crippen LogP contribution in [0.4, 0.5) is 0 Å². The molecule has 0 bridgehead atoms. The molecule has 0 saturated carbocycles. The fourth-order valence-electron chi connectivity index (χ4n) is 4.86. The Hall–Kier alpha value is -2.03. The van der Waals surface area contributed by atoms with Crippen LogP contribution in [0.5, 0.6) is 0 Å². The van der Waals surface area contributed by atoms with Gasteiger partial charge in [0.1, 0.15) is 6.61 Å². The van der Waals surface area contributed by atoms with Crippen LogP contribution in [0.15, 0.2) is 48.6 Å². The number of phosphoric ester groups is 1. The Kier molecular flexibility index (Phi) is 34.3. The van der Waals surface area contributed by atoms with Crippen LogP contribution in [-0.4, -0.2) is 49.3 Å². The molecule has 2 unspecified atom stereocenters. The number of carbonyl (C=O) groups is 2. The molecule has 0 aromatic heterocycles. The molecule has 0 heterocycles. The topological polar surface area (TPSA) is 134 Å². The average Bonchev–Trinajstić information content (AvgIpc) is 3.08. The first-order valence-corrected chi connectivity index (χ1v) is 20.6. The zero-order valence-corrected chi connectivity index (χ0v) is 31.8. The number of nitrogens with two attached hydrogens (primary N) is 1. The number of hydrogen-bond donors (Lipinski definition) is 2.